The summed E-state index contributed by atoms with van der Waals surface area (Å²) in [5.41, 5.74) is 1.26. The molecule has 0 aliphatic carbocycles. The monoisotopic (exact) mass is 292 g/mol. The molecule has 0 bridgehead atoms. The summed E-state index contributed by atoms with van der Waals surface area (Å²) in [4.78, 5) is 26.0. The van der Waals surface area contributed by atoms with Gasteiger partial charge in [0.1, 0.15) is 0 Å². The Hall–Kier alpha value is -1.62. The largest absolute Gasteiger partial charge is 0.478 e. The first-order chi connectivity index (χ1) is 9.81. The van der Waals surface area contributed by atoms with E-state index in [-0.39, 0.29) is 11.1 Å². The van der Waals surface area contributed by atoms with Gasteiger partial charge in [-0.2, -0.15) is 0 Å². The van der Waals surface area contributed by atoms with E-state index in [0.717, 1.165) is 19.5 Å². The van der Waals surface area contributed by atoms with Crippen molar-refractivity contribution in [2.45, 2.75) is 46.7 Å². The molecule has 0 radical (unpaired) electrons. The molecule has 1 aromatic rings. The zero-order valence-electron chi connectivity index (χ0n) is 13.2. The number of carboxylic acids is 1. The Kier molecular flexibility index (Phi) is 4.52. The maximum absolute atomic E-state index is 12.2. The van der Waals surface area contributed by atoms with Crippen LogP contribution in [-0.4, -0.2) is 39.7 Å². The maximum Gasteiger partial charge on any atom is 0.337 e. The lowest BCUT2D eigenvalue weighted by Crippen LogP contribution is -2.31. The van der Waals surface area contributed by atoms with Crippen LogP contribution in [0.25, 0.3) is 0 Å². The molecular weight excluding hydrogens is 268 g/mol. The van der Waals surface area contributed by atoms with E-state index in [1.165, 1.54) is 6.07 Å². The number of hydrogen-bond donors (Lipinski definition) is 1. The quantitative estimate of drug-likeness (QED) is 0.920. The van der Waals surface area contributed by atoms with E-state index in [1.807, 2.05) is 0 Å². The topological polar surface area (TPSA) is 62.5 Å². The molecule has 0 amide bonds. The number of aromatic carboxylic acids is 1. The highest BCUT2D eigenvalue weighted by molar-refractivity contribution is 5.90. The van der Waals surface area contributed by atoms with Crippen molar-refractivity contribution in [3.05, 3.63) is 33.2 Å². The molecule has 1 atom stereocenters. The number of rotatable bonds is 4. The number of hydrogen-bond acceptors (Lipinski definition) is 3. The fourth-order valence-electron chi connectivity index (χ4n) is 3.21. The first-order valence-electron chi connectivity index (χ1n) is 7.49. The fraction of sp³-hybridized carbons (Fsp3) is 0.625. The van der Waals surface area contributed by atoms with Crippen LogP contribution < -0.4 is 5.56 Å². The van der Waals surface area contributed by atoms with Crippen LogP contribution in [0, 0.1) is 19.8 Å². The lowest BCUT2D eigenvalue weighted by atomic mass is 10.1. The second kappa shape index (κ2) is 6.02. The third-order valence-corrected chi connectivity index (χ3v) is 4.47. The van der Waals surface area contributed by atoms with Crippen LogP contribution in [0.2, 0.25) is 0 Å². The van der Waals surface area contributed by atoms with Gasteiger partial charge >= 0.3 is 5.97 Å². The molecule has 5 heteroatoms. The summed E-state index contributed by atoms with van der Waals surface area (Å²) < 4.78 is 1.63. The minimum absolute atomic E-state index is 0.0991. The van der Waals surface area contributed by atoms with Gasteiger partial charge in [0.05, 0.1) is 5.56 Å². The van der Waals surface area contributed by atoms with Crippen LogP contribution in [-0.2, 0) is 6.54 Å². The van der Waals surface area contributed by atoms with E-state index in [1.54, 1.807) is 18.4 Å². The van der Waals surface area contributed by atoms with Crippen molar-refractivity contribution in [2.75, 3.05) is 13.1 Å². The summed E-state index contributed by atoms with van der Waals surface area (Å²) in [6, 6.07) is 1.95. The Bertz CT molecular complexity index is 604. The van der Waals surface area contributed by atoms with Gasteiger partial charge in [-0.1, -0.05) is 0 Å². The Morgan fingerprint density at radius 2 is 2.10 bits per heavy atom. The number of aromatic nitrogens is 1. The highest BCUT2D eigenvalue weighted by Gasteiger charge is 2.26. The predicted octanol–water partition coefficient (Wildman–Crippen LogP) is 1.89. The van der Waals surface area contributed by atoms with Gasteiger partial charge < -0.3 is 14.6 Å². The number of aryl methyl sites for hydroxylation is 1. The van der Waals surface area contributed by atoms with Crippen molar-refractivity contribution in [3.8, 4) is 0 Å². The normalized spacial score (nSPS) is 19.4. The molecule has 1 saturated heterocycles. The van der Waals surface area contributed by atoms with Gasteiger partial charge in [-0.15, -0.1) is 0 Å². The van der Waals surface area contributed by atoms with Gasteiger partial charge in [-0.25, -0.2) is 4.79 Å². The van der Waals surface area contributed by atoms with E-state index < -0.39 is 5.97 Å². The molecule has 1 fully saturated rings. The van der Waals surface area contributed by atoms with E-state index in [9.17, 15) is 14.7 Å². The minimum Gasteiger partial charge on any atom is -0.478 e. The summed E-state index contributed by atoms with van der Waals surface area (Å²) >= 11 is 0. The second-order valence-corrected chi connectivity index (χ2v) is 6.29. The molecular formula is C16H24N2O3. The number of pyridine rings is 1. The molecule has 1 unspecified atom stereocenters. The van der Waals surface area contributed by atoms with Gasteiger partial charge in [0, 0.05) is 30.9 Å². The first-order valence-corrected chi connectivity index (χ1v) is 7.49. The SMILES string of the molecule is Cc1cc(=O)n(CC2CCN(C(C)C)C2)c(C)c1C(=O)O. The summed E-state index contributed by atoms with van der Waals surface area (Å²) in [5.74, 6) is -0.554. The van der Waals surface area contributed by atoms with Crippen LogP contribution in [0.1, 0.15) is 41.9 Å². The van der Waals surface area contributed by atoms with Crippen LogP contribution >= 0.6 is 0 Å². The highest BCUT2D eigenvalue weighted by Crippen LogP contribution is 2.21. The molecule has 2 rings (SSSR count). The van der Waals surface area contributed by atoms with Gasteiger partial charge in [0.25, 0.3) is 5.56 Å². The van der Waals surface area contributed by atoms with Crippen LogP contribution in [0.3, 0.4) is 0 Å². The van der Waals surface area contributed by atoms with Crippen molar-refractivity contribution < 1.29 is 9.90 Å². The lowest BCUT2D eigenvalue weighted by Gasteiger charge is -2.21. The zero-order chi connectivity index (χ0) is 15.7. The summed E-state index contributed by atoms with van der Waals surface area (Å²) in [7, 11) is 0. The molecule has 116 valence electrons. The lowest BCUT2D eigenvalue weighted by molar-refractivity contribution is 0.0694. The average molecular weight is 292 g/mol. The van der Waals surface area contributed by atoms with Gasteiger partial charge in [0.2, 0.25) is 0 Å². The molecule has 0 spiro atoms. The van der Waals surface area contributed by atoms with Crippen LogP contribution in [0.15, 0.2) is 10.9 Å². The molecule has 0 saturated carbocycles. The minimum atomic E-state index is -0.964. The Morgan fingerprint density at radius 3 is 2.62 bits per heavy atom. The van der Waals surface area contributed by atoms with Gasteiger partial charge in [-0.3, -0.25) is 4.79 Å². The predicted molar refractivity (Wildman–Crippen MR) is 82.0 cm³/mol. The Balaban J connectivity index is 2.27. The molecule has 1 N–H and O–H groups in total. The average Bonchev–Trinajstić information content (AvgIpc) is 2.82. The molecule has 1 aliphatic rings. The number of nitrogens with zero attached hydrogens (tertiary/aromatic N) is 2. The molecule has 21 heavy (non-hydrogen) atoms. The van der Waals surface area contributed by atoms with Gasteiger partial charge in [0.15, 0.2) is 0 Å². The smallest absolute Gasteiger partial charge is 0.337 e. The molecule has 1 aromatic heterocycles. The van der Waals surface area contributed by atoms with Gasteiger partial charge in [-0.05, 0) is 52.1 Å². The molecule has 2 heterocycles. The van der Waals surface area contributed by atoms with E-state index >= 15 is 0 Å². The Labute approximate surface area is 125 Å². The summed E-state index contributed by atoms with van der Waals surface area (Å²) in [5, 5.41) is 9.31. The van der Waals surface area contributed by atoms with Crippen molar-refractivity contribution in [1.82, 2.24) is 9.47 Å². The van der Waals surface area contributed by atoms with Crippen molar-refractivity contribution in [3.63, 3.8) is 0 Å². The summed E-state index contributed by atoms with van der Waals surface area (Å²) in [6.45, 7) is 10.4. The van der Waals surface area contributed by atoms with E-state index in [2.05, 4.69) is 18.7 Å². The molecule has 0 aromatic carbocycles. The second-order valence-electron chi connectivity index (χ2n) is 6.29. The zero-order valence-corrected chi connectivity index (χ0v) is 13.2. The summed E-state index contributed by atoms with van der Waals surface area (Å²) in [6.07, 6.45) is 1.06. The molecule has 1 aliphatic heterocycles. The third-order valence-electron chi connectivity index (χ3n) is 4.47. The van der Waals surface area contributed by atoms with Crippen molar-refractivity contribution in [2.24, 2.45) is 5.92 Å². The van der Waals surface area contributed by atoms with E-state index in [0.29, 0.717) is 29.8 Å². The highest BCUT2D eigenvalue weighted by atomic mass is 16.4. The molecule has 5 nitrogen and oxygen atoms in total. The fourth-order valence-corrected chi connectivity index (χ4v) is 3.21. The van der Waals surface area contributed by atoms with Crippen LogP contribution in [0.4, 0.5) is 0 Å². The van der Waals surface area contributed by atoms with Crippen molar-refractivity contribution in [1.29, 1.82) is 0 Å². The van der Waals surface area contributed by atoms with Crippen molar-refractivity contribution >= 4 is 5.97 Å². The number of likely N-dealkylation sites (tertiary alicyclic amines) is 1. The van der Waals surface area contributed by atoms with Crippen LogP contribution in [0.5, 0.6) is 0 Å². The van der Waals surface area contributed by atoms with E-state index in [4.69, 9.17) is 0 Å². The number of carboxylic acid groups (broad SMARTS) is 1. The number of carbonyl (C=O) groups is 1. The third kappa shape index (κ3) is 3.18. The maximum atomic E-state index is 12.2. The Morgan fingerprint density at radius 1 is 1.43 bits per heavy atom. The standard InChI is InChI=1S/C16H24N2O3/c1-10(2)17-6-5-13(8-17)9-18-12(4)15(16(20)21)11(3)7-14(18)19/h7,10,13H,5-6,8-9H2,1-4H3,(H,20,21). The first kappa shape index (κ1) is 15.8.